The van der Waals surface area contributed by atoms with Gasteiger partial charge in [0.15, 0.2) is 0 Å². The first-order valence-electron chi connectivity index (χ1n) is 8.93. The minimum absolute atomic E-state index is 0.518. The molecule has 2 aromatic carbocycles. The lowest BCUT2D eigenvalue weighted by molar-refractivity contribution is 0.317. The van der Waals surface area contributed by atoms with Gasteiger partial charge in [-0.25, -0.2) is 0 Å². The lowest BCUT2D eigenvalue weighted by atomic mass is 9.98. The molecule has 0 aliphatic carbocycles. The van der Waals surface area contributed by atoms with E-state index in [4.69, 9.17) is 9.47 Å². The molecule has 0 saturated heterocycles. The van der Waals surface area contributed by atoms with E-state index in [-0.39, 0.29) is 0 Å². The van der Waals surface area contributed by atoms with Crippen LogP contribution in [-0.4, -0.2) is 19.8 Å². The molecule has 0 saturated carbocycles. The summed E-state index contributed by atoms with van der Waals surface area (Å²) in [6, 6.07) is 16.4. The van der Waals surface area contributed by atoms with Crippen LogP contribution in [-0.2, 0) is 0 Å². The quantitative estimate of drug-likeness (QED) is 0.586. The molecule has 0 aliphatic rings. The van der Waals surface area contributed by atoms with Crippen molar-refractivity contribution < 1.29 is 9.47 Å². The molecule has 0 aliphatic heterocycles. The smallest absolute Gasteiger partial charge is 0.122 e. The van der Waals surface area contributed by atoms with Crippen LogP contribution < -0.4 is 14.8 Å². The lowest BCUT2D eigenvalue weighted by Crippen LogP contribution is -2.12. The van der Waals surface area contributed by atoms with E-state index in [0.29, 0.717) is 12.5 Å². The van der Waals surface area contributed by atoms with Crippen LogP contribution in [0.1, 0.15) is 45.1 Å². The normalized spacial score (nSPS) is 11.8. The molecule has 0 aromatic heterocycles. The Kier molecular flexibility index (Phi) is 7.47. The lowest BCUT2D eigenvalue weighted by Gasteiger charge is -2.16. The third-order valence-corrected chi connectivity index (χ3v) is 4.08. The largest absolute Gasteiger partial charge is 0.494 e. The van der Waals surface area contributed by atoms with Gasteiger partial charge in [-0.2, -0.15) is 0 Å². The molecule has 2 aromatic rings. The molecular formula is C21H29NO2. The average Bonchev–Trinajstić information content (AvgIpc) is 2.64. The second-order valence-corrected chi connectivity index (χ2v) is 6.00. The minimum Gasteiger partial charge on any atom is -0.494 e. The third-order valence-electron chi connectivity index (χ3n) is 4.08. The van der Waals surface area contributed by atoms with Crippen LogP contribution in [0.2, 0.25) is 0 Å². The number of anilines is 1. The first kappa shape index (κ1) is 18.2. The maximum Gasteiger partial charge on any atom is 0.122 e. The number of hydrogen-bond donors (Lipinski definition) is 1. The van der Waals surface area contributed by atoms with Gasteiger partial charge in [0, 0.05) is 12.2 Å². The van der Waals surface area contributed by atoms with Gasteiger partial charge in [-0.1, -0.05) is 39.0 Å². The van der Waals surface area contributed by atoms with Crippen LogP contribution >= 0.6 is 0 Å². The molecule has 1 N–H and O–H groups in total. The van der Waals surface area contributed by atoms with Crippen LogP contribution in [0, 0.1) is 0 Å². The average molecular weight is 327 g/mol. The number of hydrogen-bond acceptors (Lipinski definition) is 3. The van der Waals surface area contributed by atoms with Crippen molar-refractivity contribution in [1.82, 2.24) is 0 Å². The van der Waals surface area contributed by atoms with Gasteiger partial charge in [-0.05, 0) is 54.7 Å². The maximum atomic E-state index is 5.97. The Morgan fingerprint density at radius 1 is 0.917 bits per heavy atom. The number of rotatable bonds is 10. The summed E-state index contributed by atoms with van der Waals surface area (Å²) in [5, 5.41) is 3.38. The van der Waals surface area contributed by atoms with E-state index in [2.05, 4.69) is 44.3 Å². The summed E-state index contributed by atoms with van der Waals surface area (Å²) < 4.78 is 11.6. The molecule has 2 rings (SSSR count). The number of ether oxygens (including phenoxy) is 2. The molecule has 3 nitrogen and oxygen atoms in total. The highest BCUT2D eigenvalue weighted by Gasteiger charge is 2.09. The van der Waals surface area contributed by atoms with E-state index in [0.717, 1.165) is 43.2 Å². The van der Waals surface area contributed by atoms with E-state index < -0.39 is 0 Å². The zero-order valence-electron chi connectivity index (χ0n) is 15.0. The van der Waals surface area contributed by atoms with Crippen molar-refractivity contribution >= 4 is 5.69 Å². The van der Waals surface area contributed by atoms with Crippen LogP contribution in [0.15, 0.2) is 48.5 Å². The fourth-order valence-corrected chi connectivity index (χ4v) is 2.48. The molecule has 0 radical (unpaired) electrons. The van der Waals surface area contributed by atoms with E-state index in [9.17, 15) is 0 Å². The second kappa shape index (κ2) is 9.86. The standard InChI is InChI=1S/C21H29NO2/c1-4-15-23-19-12-10-18(11-13-19)22-14-16-24-21-9-7-6-8-20(21)17(3)5-2/h6-13,17,22H,4-5,14-16H2,1-3H3. The summed E-state index contributed by atoms with van der Waals surface area (Å²) in [7, 11) is 0. The first-order valence-corrected chi connectivity index (χ1v) is 8.93. The molecular weight excluding hydrogens is 298 g/mol. The van der Waals surface area contributed by atoms with Gasteiger partial charge < -0.3 is 14.8 Å². The maximum absolute atomic E-state index is 5.97. The second-order valence-electron chi connectivity index (χ2n) is 6.00. The van der Waals surface area contributed by atoms with Gasteiger partial charge in [0.1, 0.15) is 18.1 Å². The number of nitrogens with one attached hydrogen (secondary N) is 1. The van der Waals surface area contributed by atoms with Gasteiger partial charge >= 0.3 is 0 Å². The molecule has 0 fully saturated rings. The molecule has 1 unspecified atom stereocenters. The summed E-state index contributed by atoms with van der Waals surface area (Å²) in [5.41, 5.74) is 2.37. The highest BCUT2D eigenvalue weighted by atomic mass is 16.5. The molecule has 0 amide bonds. The summed E-state index contributed by atoms with van der Waals surface area (Å²) in [6.45, 7) is 8.72. The van der Waals surface area contributed by atoms with E-state index in [1.807, 2.05) is 30.3 Å². The van der Waals surface area contributed by atoms with Gasteiger partial charge in [0.25, 0.3) is 0 Å². The summed E-state index contributed by atoms with van der Waals surface area (Å²) in [4.78, 5) is 0. The number of benzene rings is 2. The monoisotopic (exact) mass is 327 g/mol. The Hall–Kier alpha value is -2.16. The number of para-hydroxylation sites is 1. The first-order chi connectivity index (χ1) is 11.7. The Labute approximate surface area is 146 Å². The Morgan fingerprint density at radius 2 is 1.67 bits per heavy atom. The predicted octanol–water partition coefficient (Wildman–Crippen LogP) is 5.48. The van der Waals surface area contributed by atoms with Crippen molar-refractivity contribution in [1.29, 1.82) is 0 Å². The molecule has 0 bridgehead atoms. The molecule has 130 valence electrons. The Balaban J connectivity index is 1.79. The molecule has 3 heteroatoms. The van der Waals surface area contributed by atoms with Crippen molar-refractivity contribution in [3.63, 3.8) is 0 Å². The van der Waals surface area contributed by atoms with Crippen molar-refractivity contribution in [2.45, 2.75) is 39.5 Å². The zero-order valence-corrected chi connectivity index (χ0v) is 15.0. The van der Waals surface area contributed by atoms with Crippen molar-refractivity contribution in [3.05, 3.63) is 54.1 Å². The fraction of sp³-hybridized carbons (Fsp3) is 0.429. The van der Waals surface area contributed by atoms with Crippen LogP contribution in [0.5, 0.6) is 11.5 Å². The van der Waals surface area contributed by atoms with Crippen molar-refractivity contribution in [2.75, 3.05) is 25.1 Å². The van der Waals surface area contributed by atoms with Gasteiger partial charge in [-0.15, -0.1) is 0 Å². The van der Waals surface area contributed by atoms with Crippen molar-refractivity contribution in [2.24, 2.45) is 0 Å². The minimum atomic E-state index is 0.518. The van der Waals surface area contributed by atoms with Gasteiger partial charge in [-0.3, -0.25) is 0 Å². The highest BCUT2D eigenvalue weighted by molar-refractivity contribution is 5.46. The summed E-state index contributed by atoms with van der Waals surface area (Å²) in [5.74, 6) is 2.43. The van der Waals surface area contributed by atoms with E-state index in [1.165, 1.54) is 5.56 Å². The summed E-state index contributed by atoms with van der Waals surface area (Å²) in [6.07, 6.45) is 2.14. The zero-order chi connectivity index (χ0) is 17.2. The predicted molar refractivity (Wildman–Crippen MR) is 101 cm³/mol. The Bertz CT molecular complexity index is 595. The van der Waals surface area contributed by atoms with Gasteiger partial charge in [0.2, 0.25) is 0 Å². The van der Waals surface area contributed by atoms with Crippen LogP contribution in [0.4, 0.5) is 5.69 Å². The molecule has 0 spiro atoms. The Morgan fingerprint density at radius 3 is 2.38 bits per heavy atom. The third kappa shape index (κ3) is 5.48. The van der Waals surface area contributed by atoms with E-state index >= 15 is 0 Å². The van der Waals surface area contributed by atoms with Crippen LogP contribution in [0.3, 0.4) is 0 Å². The molecule has 24 heavy (non-hydrogen) atoms. The van der Waals surface area contributed by atoms with Crippen molar-refractivity contribution in [3.8, 4) is 11.5 Å². The van der Waals surface area contributed by atoms with E-state index in [1.54, 1.807) is 0 Å². The topological polar surface area (TPSA) is 30.5 Å². The molecule has 0 heterocycles. The fourth-order valence-electron chi connectivity index (χ4n) is 2.48. The summed E-state index contributed by atoms with van der Waals surface area (Å²) >= 11 is 0. The van der Waals surface area contributed by atoms with Gasteiger partial charge in [0.05, 0.1) is 6.61 Å². The SMILES string of the molecule is CCCOc1ccc(NCCOc2ccccc2C(C)CC)cc1. The molecule has 1 atom stereocenters. The van der Waals surface area contributed by atoms with Crippen LogP contribution in [0.25, 0.3) is 0 Å². The highest BCUT2D eigenvalue weighted by Crippen LogP contribution is 2.28.